The van der Waals surface area contributed by atoms with E-state index in [1.165, 1.54) is 21.3 Å². The normalized spacial score (nSPS) is 11.2. The van der Waals surface area contributed by atoms with Crippen molar-refractivity contribution in [2.45, 2.75) is 19.8 Å². The lowest BCUT2D eigenvalue weighted by molar-refractivity contribution is 0.453. The van der Waals surface area contributed by atoms with E-state index in [9.17, 15) is 19.8 Å². The molecule has 40 heavy (non-hydrogen) atoms. The largest absolute Gasteiger partial charge is 0.507 e. The van der Waals surface area contributed by atoms with Crippen molar-refractivity contribution in [3.05, 3.63) is 149 Å². The second-order valence-corrected chi connectivity index (χ2v) is 10.7. The molecule has 5 aromatic rings. The summed E-state index contributed by atoms with van der Waals surface area (Å²) in [5, 5.41) is 23.9. The molecule has 0 aliphatic carbocycles. The van der Waals surface area contributed by atoms with E-state index >= 15 is 0 Å². The molecule has 0 radical (unpaired) electrons. The van der Waals surface area contributed by atoms with Gasteiger partial charge in [0.15, 0.2) is 0 Å². The molecular formula is C31H23Cl3N2O4. The first kappa shape index (κ1) is 27.6. The average molecular weight is 594 g/mol. The van der Waals surface area contributed by atoms with Crippen LogP contribution in [0.4, 0.5) is 0 Å². The van der Waals surface area contributed by atoms with Gasteiger partial charge in [0, 0.05) is 50.0 Å². The van der Waals surface area contributed by atoms with E-state index in [0.29, 0.717) is 43.4 Å². The van der Waals surface area contributed by atoms with Crippen molar-refractivity contribution in [2.24, 2.45) is 0 Å². The number of nitrogens with zero attached hydrogens (tertiary/aromatic N) is 2. The van der Waals surface area contributed by atoms with Gasteiger partial charge in [-0.2, -0.15) is 0 Å². The number of halogens is 3. The van der Waals surface area contributed by atoms with Gasteiger partial charge in [-0.15, -0.1) is 0 Å². The highest BCUT2D eigenvalue weighted by Gasteiger charge is 2.31. The first-order valence-electron chi connectivity index (χ1n) is 12.2. The van der Waals surface area contributed by atoms with Gasteiger partial charge in [0.25, 0.3) is 11.1 Å². The molecule has 202 valence electrons. The van der Waals surface area contributed by atoms with Gasteiger partial charge in [-0.25, -0.2) is 0 Å². The molecule has 0 unspecified atom stereocenters. The standard InChI is InChI=1S/C31H23Cl3N2O4/c1-17-15-25(37)28(30(39)35(17)23-11-7-21(33)8-12-23)27(19-3-5-20(32)6-4-19)29-26(38)16-18(2)36(31(29)40)24-13-9-22(34)10-14-24/h3-16,27,37-38H,1-2H3. The Balaban J connectivity index is 1.86. The SMILES string of the molecule is Cc1cc(O)c(C(c2ccc(Cl)cc2)c2c(O)cc(C)n(-c3ccc(Cl)cc3)c2=O)c(=O)n1-c1ccc(Cl)cc1. The lowest BCUT2D eigenvalue weighted by Gasteiger charge is -2.23. The molecule has 0 atom stereocenters. The Hall–Kier alpha value is -3.97. The first-order chi connectivity index (χ1) is 19.1. The number of hydrogen-bond donors (Lipinski definition) is 2. The molecule has 0 aliphatic heterocycles. The number of benzene rings is 3. The highest BCUT2D eigenvalue weighted by atomic mass is 35.5. The quantitative estimate of drug-likeness (QED) is 0.227. The van der Waals surface area contributed by atoms with Crippen molar-refractivity contribution in [2.75, 3.05) is 0 Å². The van der Waals surface area contributed by atoms with Crippen molar-refractivity contribution >= 4 is 34.8 Å². The molecular weight excluding hydrogens is 571 g/mol. The van der Waals surface area contributed by atoms with Gasteiger partial charge < -0.3 is 10.2 Å². The zero-order valence-corrected chi connectivity index (χ0v) is 23.7. The number of pyridine rings is 2. The zero-order chi connectivity index (χ0) is 28.7. The Labute approximate surface area is 244 Å². The van der Waals surface area contributed by atoms with Crippen LogP contribution in [-0.2, 0) is 0 Å². The fourth-order valence-electron chi connectivity index (χ4n) is 4.96. The van der Waals surface area contributed by atoms with Crippen LogP contribution >= 0.6 is 34.8 Å². The van der Waals surface area contributed by atoms with Crippen molar-refractivity contribution in [1.29, 1.82) is 0 Å². The van der Waals surface area contributed by atoms with Crippen LogP contribution in [-0.4, -0.2) is 19.3 Å². The van der Waals surface area contributed by atoms with Gasteiger partial charge in [0.1, 0.15) is 11.5 Å². The van der Waals surface area contributed by atoms with Crippen molar-refractivity contribution in [3.8, 4) is 22.9 Å². The molecule has 0 saturated carbocycles. The maximum Gasteiger partial charge on any atom is 0.263 e. The smallest absolute Gasteiger partial charge is 0.263 e. The third kappa shape index (κ3) is 5.02. The minimum atomic E-state index is -1.14. The third-order valence-electron chi connectivity index (χ3n) is 6.77. The fraction of sp³-hybridized carbons (Fsp3) is 0.0968. The molecule has 2 N–H and O–H groups in total. The monoisotopic (exact) mass is 592 g/mol. The van der Waals surface area contributed by atoms with Gasteiger partial charge in [0.2, 0.25) is 0 Å². The second-order valence-electron chi connectivity index (χ2n) is 9.39. The molecule has 0 saturated heterocycles. The molecule has 3 aromatic carbocycles. The lowest BCUT2D eigenvalue weighted by atomic mass is 9.84. The van der Waals surface area contributed by atoms with Crippen LogP contribution in [0.5, 0.6) is 11.5 Å². The summed E-state index contributed by atoms with van der Waals surface area (Å²) in [4.78, 5) is 28.3. The van der Waals surface area contributed by atoms with Crippen molar-refractivity contribution in [3.63, 3.8) is 0 Å². The van der Waals surface area contributed by atoms with Gasteiger partial charge in [0.05, 0.1) is 17.0 Å². The van der Waals surface area contributed by atoms with E-state index in [0.717, 1.165) is 0 Å². The average Bonchev–Trinajstić information content (AvgIpc) is 2.90. The van der Waals surface area contributed by atoms with Crippen LogP contribution < -0.4 is 11.1 Å². The van der Waals surface area contributed by atoms with E-state index in [2.05, 4.69) is 0 Å². The van der Waals surface area contributed by atoms with Gasteiger partial charge in [-0.05, 0) is 80.1 Å². The van der Waals surface area contributed by atoms with E-state index in [1.54, 1.807) is 86.6 Å². The Morgan fingerprint density at radius 3 is 1.25 bits per heavy atom. The van der Waals surface area contributed by atoms with Crippen LogP contribution in [0.2, 0.25) is 15.1 Å². The van der Waals surface area contributed by atoms with Crippen LogP contribution in [0.15, 0.2) is 94.5 Å². The number of aromatic nitrogens is 2. The van der Waals surface area contributed by atoms with Crippen LogP contribution in [0.25, 0.3) is 11.4 Å². The van der Waals surface area contributed by atoms with Crippen molar-refractivity contribution in [1.82, 2.24) is 9.13 Å². The third-order valence-corrected chi connectivity index (χ3v) is 7.52. The Bertz CT molecular complexity index is 1730. The molecule has 2 heterocycles. The highest BCUT2D eigenvalue weighted by Crippen LogP contribution is 2.38. The van der Waals surface area contributed by atoms with Gasteiger partial charge in [-0.1, -0.05) is 46.9 Å². The minimum absolute atomic E-state index is 0.0817. The Morgan fingerprint density at radius 1 is 0.575 bits per heavy atom. The number of aromatic hydroxyl groups is 2. The van der Waals surface area contributed by atoms with Gasteiger partial charge >= 0.3 is 0 Å². The summed E-state index contributed by atoms with van der Waals surface area (Å²) in [6.07, 6.45) is 0. The minimum Gasteiger partial charge on any atom is -0.507 e. The van der Waals surface area contributed by atoms with Gasteiger partial charge in [-0.3, -0.25) is 18.7 Å². The summed E-state index contributed by atoms with van der Waals surface area (Å²) in [5.74, 6) is -1.77. The predicted octanol–water partition coefficient (Wildman–Crippen LogP) is 7.16. The summed E-state index contributed by atoms with van der Waals surface area (Å²) < 4.78 is 2.86. The number of aryl methyl sites for hydroxylation is 2. The fourth-order valence-corrected chi connectivity index (χ4v) is 5.34. The van der Waals surface area contributed by atoms with E-state index in [1.807, 2.05) is 0 Å². The maximum atomic E-state index is 14.2. The summed E-state index contributed by atoms with van der Waals surface area (Å²) >= 11 is 18.3. The second kappa shape index (κ2) is 10.9. The Kier molecular flexibility index (Phi) is 7.51. The zero-order valence-electron chi connectivity index (χ0n) is 21.4. The van der Waals surface area contributed by atoms with E-state index < -0.39 is 17.0 Å². The summed E-state index contributed by atoms with van der Waals surface area (Å²) in [6, 6.07) is 22.8. The van der Waals surface area contributed by atoms with E-state index in [-0.39, 0.29) is 22.6 Å². The highest BCUT2D eigenvalue weighted by molar-refractivity contribution is 6.31. The topological polar surface area (TPSA) is 84.5 Å². The lowest BCUT2D eigenvalue weighted by Crippen LogP contribution is -2.31. The molecule has 9 heteroatoms. The number of rotatable bonds is 5. The maximum absolute atomic E-state index is 14.2. The Morgan fingerprint density at radius 2 is 0.900 bits per heavy atom. The molecule has 0 amide bonds. The van der Waals surface area contributed by atoms with E-state index in [4.69, 9.17) is 34.8 Å². The molecule has 0 aliphatic rings. The van der Waals surface area contributed by atoms with Crippen molar-refractivity contribution < 1.29 is 10.2 Å². The molecule has 0 fully saturated rings. The molecule has 5 rings (SSSR count). The predicted molar refractivity (Wildman–Crippen MR) is 159 cm³/mol. The molecule has 0 spiro atoms. The summed E-state index contributed by atoms with van der Waals surface area (Å²) in [7, 11) is 0. The molecule has 0 bridgehead atoms. The number of hydrogen-bond acceptors (Lipinski definition) is 4. The molecule has 2 aromatic heterocycles. The summed E-state index contributed by atoms with van der Waals surface area (Å²) in [5.41, 5.74) is 1.18. The summed E-state index contributed by atoms with van der Waals surface area (Å²) in [6.45, 7) is 3.38. The van der Waals surface area contributed by atoms with Crippen LogP contribution in [0, 0.1) is 13.8 Å². The van der Waals surface area contributed by atoms with Crippen LogP contribution in [0.3, 0.4) is 0 Å². The first-order valence-corrected chi connectivity index (χ1v) is 13.4. The molecule has 6 nitrogen and oxygen atoms in total. The van der Waals surface area contributed by atoms with Crippen LogP contribution in [0.1, 0.15) is 34.0 Å².